The van der Waals surface area contributed by atoms with Gasteiger partial charge in [0.1, 0.15) is 23.1 Å². The summed E-state index contributed by atoms with van der Waals surface area (Å²) in [5.74, 6) is 1.23. The molecule has 0 rings (SSSR count). The van der Waals surface area contributed by atoms with Crippen LogP contribution < -0.4 is 0 Å². The normalized spacial score (nSPS) is 11.2. The van der Waals surface area contributed by atoms with E-state index in [1.165, 1.54) is 0 Å². The molecule has 0 radical (unpaired) electrons. The van der Waals surface area contributed by atoms with Gasteiger partial charge in [0, 0.05) is 44.9 Å². The first-order chi connectivity index (χ1) is 15.5. The fourth-order valence-corrected chi connectivity index (χ4v) is 3.67. The van der Waals surface area contributed by atoms with Crippen LogP contribution in [-0.2, 0) is 19.2 Å². The number of hydrogen-bond donors (Lipinski definition) is 0. The standard InChI is InChI=1S/C28H48O4/c1-3-4-19-26(30)20-12-9-7-5-6-8-10-13-21-27(31)22-14-11-15-23-28(32)24-17-16-18-25(2)29/h5-6H,3-4,7-24H2,1-2H3. The highest BCUT2D eigenvalue weighted by atomic mass is 16.1. The van der Waals surface area contributed by atoms with Crippen molar-refractivity contribution in [2.45, 2.75) is 142 Å². The molecule has 0 fully saturated rings. The highest BCUT2D eigenvalue weighted by Crippen LogP contribution is 2.11. The van der Waals surface area contributed by atoms with E-state index in [0.717, 1.165) is 96.3 Å². The molecule has 0 heterocycles. The molecule has 0 aromatic carbocycles. The van der Waals surface area contributed by atoms with Crippen LogP contribution in [0.1, 0.15) is 142 Å². The van der Waals surface area contributed by atoms with Crippen molar-refractivity contribution in [3.8, 4) is 0 Å². The second-order valence-corrected chi connectivity index (χ2v) is 9.15. The smallest absolute Gasteiger partial charge is 0.132 e. The largest absolute Gasteiger partial charge is 0.300 e. The third-order valence-electron chi connectivity index (χ3n) is 5.77. The van der Waals surface area contributed by atoms with E-state index >= 15 is 0 Å². The molecule has 0 atom stereocenters. The number of unbranched alkanes of at least 4 members (excludes halogenated alkanes) is 8. The van der Waals surface area contributed by atoms with E-state index in [-0.39, 0.29) is 11.6 Å². The van der Waals surface area contributed by atoms with Crippen molar-refractivity contribution in [1.82, 2.24) is 0 Å². The summed E-state index contributed by atoms with van der Waals surface area (Å²) in [6.45, 7) is 3.70. The Morgan fingerprint density at radius 1 is 0.469 bits per heavy atom. The monoisotopic (exact) mass is 448 g/mol. The molecule has 0 bridgehead atoms. The summed E-state index contributed by atoms with van der Waals surface area (Å²) >= 11 is 0. The van der Waals surface area contributed by atoms with Gasteiger partial charge in [-0.2, -0.15) is 0 Å². The first-order valence-corrected chi connectivity index (χ1v) is 13.1. The second-order valence-electron chi connectivity index (χ2n) is 9.15. The predicted octanol–water partition coefficient (Wildman–Crippen LogP) is 7.66. The topological polar surface area (TPSA) is 68.3 Å². The maximum Gasteiger partial charge on any atom is 0.132 e. The number of carbonyl (C=O) groups excluding carboxylic acids is 4. The molecule has 4 heteroatoms. The predicted molar refractivity (Wildman–Crippen MR) is 133 cm³/mol. The lowest BCUT2D eigenvalue weighted by atomic mass is 10.0. The summed E-state index contributed by atoms with van der Waals surface area (Å²) in [6.07, 6.45) is 21.6. The Hall–Kier alpha value is -1.58. The Labute approximate surface area is 197 Å². The Morgan fingerprint density at radius 2 is 0.812 bits per heavy atom. The SMILES string of the molecule is CCCCC(=O)CCCCC=CCCCCC(=O)CCCCCC(=O)CCCCC(C)=O. The maximum atomic E-state index is 12.0. The summed E-state index contributed by atoms with van der Waals surface area (Å²) in [6, 6.07) is 0. The fourth-order valence-electron chi connectivity index (χ4n) is 3.67. The van der Waals surface area contributed by atoms with Crippen molar-refractivity contribution in [3.63, 3.8) is 0 Å². The van der Waals surface area contributed by atoms with Crippen LogP contribution in [0.3, 0.4) is 0 Å². The van der Waals surface area contributed by atoms with Gasteiger partial charge in [0.2, 0.25) is 0 Å². The van der Waals surface area contributed by atoms with Crippen molar-refractivity contribution >= 4 is 23.1 Å². The van der Waals surface area contributed by atoms with E-state index in [2.05, 4.69) is 19.1 Å². The zero-order valence-corrected chi connectivity index (χ0v) is 20.9. The van der Waals surface area contributed by atoms with Crippen LogP contribution in [0.15, 0.2) is 12.2 Å². The number of hydrogen-bond acceptors (Lipinski definition) is 4. The van der Waals surface area contributed by atoms with Crippen molar-refractivity contribution < 1.29 is 19.2 Å². The second kappa shape index (κ2) is 22.6. The van der Waals surface area contributed by atoms with E-state index in [0.29, 0.717) is 43.7 Å². The lowest BCUT2D eigenvalue weighted by Crippen LogP contribution is -2.00. The van der Waals surface area contributed by atoms with Crippen molar-refractivity contribution in [1.29, 1.82) is 0 Å². The molecule has 0 aromatic rings. The van der Waals surface area contributed by atoms with Gasteiger partial charge in [0.05, 0.1) is 0 Å². The van der Waals surface area contributed by atoms with E-state index in [1.807, 2.05) is 0 Å². The van der Waals surface area contributed by atoms with Crippen molar-refractivity contribution in [2.75, 3.05) is 0 Å². The average Bonchev–Trinajstić information content (AvgIpc) is 2.76. The van der Waals surface area contributed by atoms with E-state index < -0.39 is 0 Å². The van der Waals surface area contributed by atoms with Gasteiger partial charge in [-0.1, -0.05) is 31.9 Å². The van der Waals surface area contributed by atoms with E-state index in [9.17, 15) is 19.2 Å². The number of Topliss-reactive ketones (excluding diaryl/α,β-unsaturated/α-hetero) is 4. The van der Waals surface area contributed by atoms with Gasteiger partial charge >= 0.3 is 0 Å². The zero-order chi connectivity index (χ0) is 23.9. The van der Waals surface area contributed by atoms with Gasteiger partial charge in [-0.3, -0.25) is 14.4 Å². The van der Waals surface area contributed by atoms with Crippen LogP contribution in [0, 0.1) is 0 Å². The van der Waals surface area contributed by atoms with Gasteiger partial charge < -0.3 is 4.79 Å². The highest BCUT2D eigenvalue weighted by molar-refractivity contribution is 5.79. The van der Waals surface area contributed by atoms with Crippen LogP contribution in [0.2, 0.25) is 0 Å². The van der Waals surface area contributed by atoms with Gasteiger partial charge in [0.15, 0.2) is 0 Å². The van der Waals surface area contributed by atoms with Gasteiger partial charge in [0.25, 0.3) is 0 Å². The van der Waals surface area contributed by atoms with Crippen molar-refractivity contribution in [3.05, 3.63) is 12.2 Å². The van der Waals surface area contributed by atoms with Crippen LogP contribution in [-0.4, -0.2) is 23.1 Å². The Morgan fingerprint density at radius 3 is 1.22 bits per heavy atom. The molecule has 0 aromatic heterocycles. The first kappa shape index (κ1) is 30.4. The van der Waals surface area contributed by atoms with Gasteiger partial charge in [-0.05, 0) is 77.6 Å². The number of allylic oxidation sites excluding steroid dienone is 2. The maximum absolute atomic E-state index is 12.0. The first-order valence-electron chi connectivity index (χ1n) is 13.1. The fraction of sp³-hybridized carbons (Fsp3) is 0.786. The molecule has 0 aliphatic rings. The summed E-state index contributed by atoms with van der Waals surface area (Å²) in [5.41, 5.74) is 0. The van der Waals surface area contributed by atoms with E-state index in [1.54, 1.807) is 6.92 Å². The molecule has 0 aliphatic carbocycles. The molecule has 0 N–H and O–H groups in total. The van der Waals surface area contributed by atoms with Gasteiger partial charge in [-0.15, -0.1) is 0 Å². The molecule has 0 spiro atoms. The molecule has 0 amide bonds. The zero-order valence-electron chi connectivity index (χ0n) is 20.9. The van der Waals surface area contributed by atoms with E-state index in [4.69, 9.17) is 0 Å². The molecule has 4 nitrogen and oxygen atoms in total. The molecule has 32 heavy (non-hydrogen) atoms. The molecule has 0 unspecified atom stereocenters. The summed E-state index contributed by atoms with van der Waals surface area (Å²) in [4.78, 5) is 46.2. The number of rotatable bonds is 24. The Bertz CT molecular complexity index is 548. The van der Waals surface area contributed by atoms with Gasteiger partial charge in [-0.25, -0.2) is 0 Å². The minimum Gasteiger partial charge on any atom is -0.300 e. The Balaban J connectivity index is 3.42. The minimum atomic E-state index is 0.192. The summed E-state index contributed by atoms with van der Waals surface area (Å²) in [5, 5.41) is 0. The third-order valence-corrected chi connectivity index (χ3v) is 5.77. The van der Waals surface area contributed by atoms with Crippen LogP contribution in [0.25, 0.3) is 0 Å². The van der Waals surface area contributed by atoms with Crippen LogP contribution in [0.4, 0.5) is 0 Å². The van der Waals surface area contributed by atoms with Crippen LogP contribution in [0.5, 0.6) is 0 Å². The van der Waals surface area contributed by atoms with Crippen molar-refractivity contribution in [2.24, 2.45) is 0 Å². The number of carbonyl (C=O) groups is 4. The Kier molecular flexibility index (Phi) is 21.5. The van der Waals surface area contributed by atoms with Crippen LogP contribution >= 0.6 is 0 Å². The molecule has 0 saturated heterocycles. The average molecular weight is 449 g/mol. The molecule has 0 saturated carbocycles. The quantitative estimate of drug-likeness (QED) is 0.112. The summed E-state index contributed by atoms with van der Waals surface area (Å²) in [7, 11) is 0. The lowest BCUT2D eigenvalue weighted by molar-refractivity contribution is -0.120. The highest BCUT2D eigenvalue weighted by Gasteiger charge is 2.05. The molecule has 184 valence electrons. The minimum absolute atomic E-state index is 0.192. The molecular formula is C28H48O4. The summed E-state index contributed by atoms with van der Waals surface area (Å²) < 4.78 is 0. The molecule has 0 aliphatic heterocycles. The number of ketones is 4. The molecular weight excluding hydrogens is 400 g/mol. The lowest BCUT2D eigenvalue weighted by Gasteiger charge is -2.02. The third kappa shape index (κ3) is 23.1.